The molecule has 2 heteroatoms. The van der Waals surface area contributed by atoms with E-state index in [1.807, 2.05) is 0 Å². The summed E-state index contributed by atoms with van der Waals surface area (Å²) in [5.74, 6) is -0.826. The zero-order valence-corrected chi connectivity index (χ0v) is 43.1. The van der Waals surface area contributed by atoms with Crippen LogP contribution in [0.5, 0.6) is 0 Å². The van der Waals surface area contributed by atoms with Crippen molar-refractivity contribution >= 4 is 5.97 Å². The van der Waals surface area contributed by atoms with Crippen LogP contribution in [0, 0.1) is 0 Å². The minimum absolute atomic E-state index is 0.826. The Hall–Kier alpha value is -0.790. The number of allylic oxidation sites excluding steroid dienone is 1. The topological polar surface area (TPSA) is 37.3 Å². The van der Waals surface area contributed by atoms with Gasteiger partial charge in [0.15, 0.2) is 0 Å². The van der Waals surface area contributed by atoms with Crippen LogP contribution in [0.4, 0.5) is 0 Å². The highest BCUT2D eigenvalue weighted by Gasteiger charge is 2.00. The van der Waals surface area contributed by atoms with Crippen LogP contribution in [0.1, 0.15) is 366 Å². The molecule has 0 unspecified atom stereocenters. The second-order valence-electron chi connectivity index (χ2n) is 20.6. The Bertz CT molecular complexity index is 818. The van der Waals surface area contributed by atoms with Crippen molar-refractivity contribution in [2.45, 2.75) is 366 Å². The first-order valence-electron chi connectivity index (χ1n) is 29.7. The van der Waals surface area contributed by atoms with Crippen molar-refractivity contribution in [1.29, 1.82) is 0 Å². The summed E-state index contributed by atoms with van der Waals surface area (Å²) in [4.78, 5) is 10.4. The largest absolute Gasteiger partial charge is 0.478 e. The standard InChI is InChI=1S/C60H118O2/c1-2-3-4-5-6-7-8-9-10-11-12-13-14-15-16-17-18-19-20-21-22-23-24-25-26-27-28-29-30-31-32-33-34-35-36-37-38-39-40-41-42-43-44-45-46-47-48-49-50-51-52-53-54-55-56-57-58-59-60(61)62/h58-59H,2-57H2,1H3,(H,61,62). The third-order valence-corrected chi connectivity index (χ3v) is 14.2. The van der Waals surface area contributed by atoms with Crippen molar-refractivity contribution in [1.82, 2.24) is 0 Å². The zero-order valence-electron chi connectivity index (χ0n) is 43.1. The van der Waals surface area contributed by atoms with Crippen molar-refractivity contribution in [2.75, 3.05) is 0 Å². The van der Waals surface area contributed by atoms with Gasteiger partial charge in [0.2, 0.25) is 0 Å². The average Bonchev–Trinajstić information content (AvgIpc) is 3.27. The minimum Gasteiger partial charge on any atom is -0.478 e. The molecule has 0 rings (SSSR count). The maximum atomic E-state index is 10.4. The monoisotopic (exact) mass is 871 g/mol. The number of carboxylic acids is 1. The van der Waals surface area contributed by atoms with Gasteiger partial charge < -0.3 is 5.11 Å². The van der Waals surface area contributed by atoms with Crippen molar-refractivity contribution in [2.24, 2.45) is 0 Å². The summed E-state index contributed by atoms with van der Waals surface area (Å²) in [5, 5.41) is 8.59. The van der Waals surface area contributed by atoms with Gasteiger partial charge in [0.05, 0.1) is 0 Å². The van der Waals surface area contributed by atoms with Gasteiger partial charge in [0, 0.05) is 6.08 Å². The molecule has 0 saturated carbocycles. The van der Waals surface area contributed by atoms with Gasteiger partial charge in [-0.25, -0.2) is 4.79 Å². The van der Waals surface area contributed by atoms with E-state index in [2.05, 4.69) is 6.92 Å². The van der Waals surface area contributed by atoms with E-state index >= 15 is 0 Å². The number of rotatable bonds is 57. The molecule has 0 aliphatic carbocycles. The van der Waals surface area contributed by atoms with Crippen molar-refractivity contribution in [3.05, 3.63) is 12.2 Å². The van der Waals surface area contributed by atoms with Gasteiger partial charge in [0.25, 0.3) is 0 Å². The minimum atomic E-state index is -0.826. The normalized spacial score (nSPS) is 11.8. The molecule has 0 fully saturated rings. The van der Waals surface area contributed by atoms with Crippen LogP contribution in [0.3, 0.4) is 0 Å². The summed E-state index contributed by atoms with van der Waals surface area (Å²) in [6.45, 7) is 2.31. The SMILES string of the molecule is CCCCCCCCCCCCCCCCCCCCCCCCCCCCCCCCCCCCCCCCCCCCCCCCCCCCCCCCCC=CC(=O)O. The third kappa shape index (κ3) is 59.2. The van der Waals surface area contributed by atoms with Gasteiger partial charge in [0.1, 0.15) is 0 Å². The molecule has 0 atom stereocenters. The van der Waals surface area contributed by atoms with E-state index in [-0.39, 0.29) is 0 Å². The van der Waals surface area contributed by atoms with Crippen LogP contribution in [0.2, 0.25) is 0 Å². The molecule has 1 N–H and O–H groups in total. The molecule has 0 aliphatic rings. The maximum absolute atomic E-state index is 10.4. The molecule has 62 heavy (non-hydrogen) atoms. The van der Waals surface area contributed by atoms with E-state index in [0.717, 1.165) is 12.8 Å². The van der Waals surface area contributed by atoms with Crippen LogP contribution in [-0.2, 0) is 4.79 Å². The van der Waals surface area contributed by atoms with Gasteiger partial charge in [-0.1, -0.05) is 360 Å². The molecule has 370 valence electrons. The smallest absolute Gasteiger partial charge is 0.327 e. The summed E-state index contributed by atoms with van der Waals surface area (Å²) in [7, 11) is 0. The number of unbranched alkanes of at least 4 members (excludes halogenated alkanes) is 55. The van der Waals surface area contributed by atoms with Crippen LogP contribution in [-0.4, -0.2) is 11.1 Å². The van der Waals surface area contributed by atoms with E-state index in [1.54, 1.807) is 6.08 Å². The van der Waals surface area contributed by atoms with Gasteiger partial charge in [-0.3, -0.25) is 0 Å². The Morgan fingerprint density at radius 1 is 0.242 bits per heavy atom. The quantitative estimate of drug-likeness (QED) is 0.0488. The zero-order chi connectivity index (χ0) is 44.6. The van der Waals surface area contributed by atoms with E-state index in [0.29, 0.717) is 0 Å². The highest BCUT2D eigenvalue weighted by Crippen LogP contribution is 2.19. The molecule has 2 nitrogen and oxygen atoms in total. The Labute approximate surface area is 393 Å². The lowest BCUT2D eigenvalue weighted by Gasteiger charge is -2.05. The molecule has 0 saturated heterocycles. The number of hydrogen-bond donors (Lipinski definition) is 1. The van der Waals surface area contributed by atoms with E-state index < -0.39 is 5.97 Å². The Morgan fingerprint density at radius 3 is 0.500 bits per heavy atom. The molecule has 0 aromatic heterocycles. The Kier molecular flexibility index (Phi) is 57.5. The first kappa shape index (κ1) is 61.2. The second kappa shape index (κ2) is 58.2. The fourth-order valence-electron chi connectivity index (χ4n) is 9.89. The van der Waals surface area contributed by atoms with Gasteiger partial charge >= 0.3 is 5.97 Å². The molecule has 0 amide bonds. The first-order chi connectivity index (χ1) is 30.8. The molecule has 0 bridgehead atoms. The third-order valence-electron chi connectivity index (χ3n) is 14.2. The Balaban J connectivity index is 3.07. The lowest BCUT2D eigenvalue weighted by molar-refractivity contribution is -0.131. The van der Waals surface area contributed by atoms with Crippen molar-refractivity contribution < 1.29 is 9.90 Å². The summed E-state index contributed by atoms with van der Waals surface area (Å²) < 4.78 is 0. The van der Waals surface area contributed by atoms with E-state index in [4.69, 9.17) is 5.11 Å². The summed E-state index contributed by atoms with van der Waals surface area (Å²) in [6.07, 6.45) is 84.2. The first-order valence-corrected chi connectivity index (χ1v) is 29.7. The van der Waals surface area contributed by atoms with Gasteiger partial charge in [-0.2, -0.15) is 0 Å². The molecule has 0 aromatic rings. The highest BCUT2D eigenvalue weighted by molar-refractivity contribution is 5.79. The molecule has 0 aromatic carbocycles. The second-order valence-corrected chi connectivity index (χ2v) is 20.6. The van der Waals surface area contributed by atoms with Crippen LogP contribution in [0.25, 0.3) is 0 Å². The number of aliphatic carboxylic acids is 1. The average molecular weight is 872 g/mol. The predicted octanol–water partition coefficient (Wildman–Crippen LogP) is 22.5. The predicted molar refractivity (Wildman–Crippen MR) is 281 cm³/mol. The highest BCUT2D eigenvalue weighted by atomic mass is 16.4. The molecule has 0 aliphatic heterocycles. The summed E-state index contributed by atoms with van der Waals surface area (Å²) in [6, 6.07) is 0. The molecule has 0 heterocycles. The Morgan fingerprint density at radius 2 is 0.371 bits per heavy atom. The van der Waals surface area contributed by atoms with Crippen LogP contribution >= 0.6 is 0 Å². The fourth-order valence-corrected chi connectivity index (χ4v) is 9.89. The lowest BCUT2D eigenvalue weighted by Crippen LogP contribution is -1.86. The molecular weight excluding hydrogens is 753 g/mol. The van der Waals surface area contributed by atoms with E-state index in [1.165, 1.54) is 353 Å². The van der Waals surface area contributed by atoms with Crippen LogP contribution in [0.15, 0.2) is 12.2 Å². The summed E-state index contributed by atoms with van der Waals surface area (Å²) in [5.41, 5.74) is 0. The van der Waals surface area contributed by atoms with E-state index in [9.17, 15) is 4.79 Å². The van der Waals surface area contributed by atoms with Gasteiger partial charge in [-0.05, 0) is 12.8 Å². The maximum Gasteiger partial charge on any atom is 0.327 e. The number of carbonyl (C=O) groups is 1. The molecule has 0 spiro atoms. The van der Waals surface area contributed by atoms with Crippen molar-refractivity contribution in [3.8, 4) is 0 Å². The summed E-state index contributed by atoms with van der Waals surface area (Å²) >= 11 is 0. The molecular formula is C60H118O2. The number of carboxylic acid groups (broad SMARTS) is 1. The number of hydrogen-bond acceptors (Lipinski definition) is 1. The fraction of sp³-hybridized carbons (Fsp3) is 0.950. The van der Waals surface area contributed by atoms with Crippen molar-refractivity contribution in [3.63, 3.8) is 0 Å². The van der Waals surface area contributed by atoms with Crippen LogP contribution < -0.4 is 0 Å². The van der Waals surface area contributed by atoms with Gasteiger partial charge in [-0.15, -0.1) is 0 Å². The molecule has 0 radical (unpaired) electrons. The lowest BCUT2D eigenvalue weighted by atomic mass is 10.0.